The van der Waals surface area contributed by atoms with Crippen LogP contribution in [0.5, 0.6) is 0 Å². The first-order chi connectivity index (χ1) is 7.24. The summed E-state index contributed by atoms with van der Waals surface area (Å²) >= 11 is 5.87. The number of ether oxygens (including phenoxy) is 1. The van der Waals surface area contributed by atoms with E-state index in [1.807, 2.05) is 18.2 Å². The van der Waals surface area contributed by atoms with Gasteiger partial charge in [-0.3, -0.25) is 4.79 Å². The molecule has 0 aliphatic carbocycles. The van der Waals surface area contributed by atoms with E-state index in [1.165, 1.54) is 0 Å². The zero-order valence-corrected chi connectivity index (χ0v) is 9.33. The van der Waals surface area contributed by atoms with Crippen molar-refractivity contribution in [2.45, 2.75) is 5.38 Å². The third kappa shape index (κ3) is 4.32. The molecule has 82 valence electrons. The van der Waals surface area contributed by atoms with E-state index in [-0.39, 0.29) is 11.3 Å². The molecular formula is C11H14ClNO2. The van der Waals surface area contributed by atoms with Crippen LogP contribution in [0, 0.1) is 0 Å². The lowest BCUT2D eigenvalue weighted by Crippen LogP contribution is -2.31. The molecule has 0 heterocycles. The minimum atomic E-state index is -0.192. The highest BCUT2D eigenvalue weighted by Gasteiger charge is 2.07. The zero-order valence-electron chi connectivity index (χ0n) is 8.57. The van der Waals surface area contributed by atoms with Gasteiger partial charge in [0.15, 0.2) is 0 Å². The summed E-state index contributed by atoms with van der Waals surface area (Å²) in [5, 5.41) is 2.54. The molecule has 0 aliphatic rings. The standard InChI is InChI=1S/C11H14ClNO2/c1-15-8-10(12)7-13-11(14)9-5-3-2-4-6-9/h2-6,10H,7-8H2,1H3,(H,13,14). The smallest absolute Gasteiger partial charge is 0.251 e. The molecule has 1 atom stereocenters. The topological polar surface area (TPSA) is 38.3 Å². The third-order valence-corrected chi connectivity index (χ3v) is 2.15. The number of halogens is 1. The van der Waals surface area contributed by atoms with E-state index < -0.39 is 0 Å². The number of carbonyl (C=O) groups is 1. The molecule has 0 spiro atoms. The number of alkyl halides is 1. The highest BCUT2D eigenvalue weighted by molar-refractivity contribution is 6.21. The minimum Gasteiger partial charge on any atom is -0.383 e. The second kappa shape index (κ2) is 6.43. The number of nitrogens with one attached hydrogen (secondary N) is 1. The fourth-order valence-electron chi connectivity index (χ4n) is 1.13. The Balaban J connectivity index is 2.37. The van der Waals surface area contributed by atoms with Crippen LogP contribution in [0.2, 0.25) is 0 Å². The predicted octanol–water partition coefficient (Wildman–Crippen LogP) is 1.67. The summed E-state index contributed by atoms with van der Waals surface area (Å²) in [4.78, 5) is 11.5. The van der Waals surface area contributed by atoms with Crippen molar-refractivity contribution in [2.24, 2.45) is 0 Å². The molecule has 1 aromatic carbocycles. The van der Waals surface area contributed by atoms with E-state index in [0.29, 0.717) is 18.7 Å². The van der Waals surface area contributed by atoms with Crippen molar-refractivity contribution in [1.29, 1.82) is 0 Å². The van der Waals surface area contributed by atoms with Crippen LogP contribution in [0.1, 0.15) is 10.4 Å². The summed E-state index contributed by atoms with van der Waals surface area (Å²) in [6, 6.07) is 9.03. The number of benzene rings is 1. The summed E-state index contributed by atoms with van der Waals surface area (Å²) in [5.74, 6) is -0.114. The molecule has 1 amide bonds. The van der Waals surface area contributed by atoms with Crippen molar-refractivity contribution < 1.29 is 9.53 Å². The van der Waals surface area contributed by atoms with Crippen LogP contribution in [-0.2, 0) is 4.74 Å². The van der Waals surface area contributed by atoms with Gasteiger partial charge in [-0.05, 0) is 12.1 Å². The lowest BCUT2D eigenvalue weighted by atomic mass is 10.2. The van der Waals surface area contributed by atoms with Gasteiger partial charge in [0.1, 0.15) is 0 Å². The maximum atomic E-state index is 11.5. The van der Waals surface area contributed by atoms with Gasteiger partial charge in [0.2, 0.25) is 0 Å². The van der Waals surface area contributed by atoms with E-state index in [1.54, 1.807) is 19.2 Å². The number of amides is 1. The van der Waals surface area contributed by atoms with Crippen LogP contribution >= 0.6 is 11.6 Å². The first-order valence-corrected chi connectivity index (χ1v) is 5.14. The minimum absolute atomic E-state index is 0.114. The number of hydrogen-bond acceptors (Lipinski definition) is 2. The van der Waals surface area contributed by atoms with Gasteiger partial charge in [0.05, 0.1) is 12.0 Å². The van der Waals surface area contributed by atoms with E-state index in [9.17, 15) is 4.79 Å². The van der Waals surface area contributed by atoms with Gasteiger partial charge in [-0.15, -0.1) is 11.6 Å². The molecule has 1 N–H and O–H groups in total. The quantitative estimate of drug-likeness (QED) is 0.778. The molecule has 0 saturated heterocycles. The van der Waals surface area contributed by atoms with Crippen molar-refractivity contribution in [3.63, 3.8) is 0 Å². The highest BCUT2D eigenvalue weighted by atomic mass is 35.5. The average molecular weight is 228 g/mol. The van der Waals surface area contributed by atoms with Gasteiger partial charge in [0, 0.05) is 19.2 Å². The normalized spacial score (nSPS) is 12.1. The number of rotatable bonds is 5. The Bertz CT molecular complexity index is 303. The number of methoxy groups -OCH3 is 1. The fraction of sp³-hybridized carbons (Fsp3) is 0.364. The molecule has 3 nitrogen and oxygen atoms in total. The zero-order chi connectivity index (χ0) is 11.1. The van der Waals surface area contributed by atoms with E-state index in [2.05, 4.69) is 5.32 Å². The molecule has 0 aromatic heterocycles. The molecular weight excluding hydrogens is 214 g/mol. The van der Waals surface area contributed by atoms with Crippen molar-refractivity contribution in [3.8, 4) is 0 Å². The molecule has 1 unspecified atom stereocenters. The van der Waals surface area contributed by atoms with E-state index in [4.69, 9.17) is 16.3 Å². The molecule has 0 bridgehead atoms. The Labute approximate surface area is 94.4 Å². The summed E-state index contributed by atoms with van der Waals surface area (Å²) in [5.41, 5.74) is 0.638. The molecule has 1 rings (SSSR count). The van der Waals surface area contributed by atoms with Gasteiger partial charge in [-0.2, -0.15) is 0 Å². The van der Waals surface area contributed by atoms with Gasteiger partial charge >= 0.3 is 0 Å². The van der Waals surface area contributed by atoms with Crippen LogP contribution in [-0.4, -0.2) is 31.5 Å². The second-order valence-electron chi connectivity index (χ2n) is 3.13. The monoisotopic (exact) mass is 227 g/mol. The molecule has 4 heteroatoms. The SMILES string of the molecule is COCC(Cl)CNC(=O)c1ccccc1. The van der Waals surface area contributed by atoms with Gasteiger partial charge < -0.3 is 10.1 Å². The third-order valence-electron chi connectivity index (χ3n) is 1.87. The van der Waals surface area contributed by atoms with Crippen LogP contribution in [0.15, 0.2) is 30.3 Å². The Kier molecular flexibility index (Phi) is 5.15. The highest BCUT2D eigenvalue weighted by Crippen LogP contribution is 1.99. The maximum Gasteiger partial charge on any atom is 0.251 e. The van der Waals surface area contributed by atoms with Gasteiger partial charge in [0.25, 0.3) is 5.91 Å². The number of hydrogen-bond donors (Lipinski definition) is 1. The van der Waals surface area contributed by atoms with Crippen molar-refractivity contribution in [3.05, 3.63) is 35.9 Å². The lowest BCUT2D eigenvalue weighted by molar-refractivity contribution is 0.0949. The van der Waals surface area contributed by atoms with Crippen LogP contribution in [0.25, 0.3) is 0 Å². The van der Waals surface area contributed by atoms with Gasteiger partial charge in [-0.1, -0.05) is 18.2 Å². The summed E-state index contributed by atoms with van der Waals surface area (Å²) in [7, 11) is 1.58. The van der Waals surface area contributed by atoms with E-state index >= 15 is 0 Å². The lowest BCUT2D eigenvalue weighted by Gasteiger charge is -2.09. The Morgan fingerprint density at radius 2 is 2.13 bits per heavy atom. The van der Waals surface area contributed by atoms with Crippen molar-refractivity contribution in [1.82, 2.24) is 5.32 Å². The summed E-state index contributed by atoms with van der Waals surface area (Å²) in [6.07, 6.45) is 0. The van der Waals surface area contributed by atoms with Crippen LogP contribution in [0.3, 0.4) is 0 Å². The first kappa shape index (κ1) is 12.0. The maximum absolute atomic E-state index is 11.5. The molecule has 0 aliphatic heterocycles. The summed E-state index contributed by atoms with van der Waals surface area (Å²) < 4.78 is 4.86. The van der Waals surface area contributed by atoms with Crippen molar-refractivity contribution >= 4 is 17.5 Å². The largest absolute Gasteiger partial charge is 0.383 e. The predicted molar refractivity (Wildman–Crippen MR) is 60.3 cm³/mol. The summed E-state index contributed by atoms with van der Waals surface area (Å²) in [6.45, 7) is 0.833. The van der Waals surface area contributed by atoms with Crippen molar-refractivity contribution in [2.75, 3.05) is 20.3 Å². The molecule has 15 heavy (non-hydrogen) atoms. The van der Waals surface area contributed by atoms with Gasteiger partial charge in [-0.25, -0.2) is 0 Å². The Morgan fingerprint density at radius 3 is 2.73 bits per heavy atom. The fourth-order valence-corrected chi connectivity index (χ4v) is 1.34. The number of carbonyl (C=O) groups excluding carboxylic acids is 1. The van der Waals surface area contributed by atoms with Crippen LogP contribution in [0.4, 0.5) is 0 Å². The molecule has 0 radical (unpaired) electrons. The second-order valence-corrected chi connectivity index (χ2v) is 3.75. The molecule has 0 fully saturated rings. The van der Waals surface area contributed by atoms with Crippen LogP contribution < -0.4 is 5.32 Å². The van der Waals surface area contributed by atoms with E-state index in [0.717, 1.165) is 0 Å². The Morgan fingerprint density at radius 1 is 1.47 bits per heavy atom. The molecule has 1 aromatic rings. The molecule has 0 saturated carbocycles. The Hall–Kier alpha value is -1.06. The first-order valence-electron chi connectivity index (χ1n) is 4.70. The average Bonchev–Trinajstić information content (AvgIpc) is 2.27.